The Morgan fingerprint density at radius 1 is 1.32 bits per heavy atom. The Kier molecular flexibility index (Phi) is 4.55. The predicted molar refractivity (Wildman–Crippen MR) is 75.0 cm³/mol. The van der Waals surface area contributed by atoms with E-state index >= 15 is 0 Å². The average Bonchev–Trinajstić information content (AvgIpc) is 2.74. The van der Waals surface area contributed by atoms with E-state index in [1.807, 2.05) is 33.0 Å². The molecule has 102 valence electrons. The van der Waals surface area contributed by atoms with Crippen molar-refractivity contribution in [3.05, 3.63) is 39.1 Å². The molecule has 0 aliphatic rings. The van der Waals surface area contributed by atoms with E-state index in [2.05, 4.69) is 36.2 Å². The number of rotatable bonds is 5. The molecule has 2 aromatic rings. The van der Waals surface area contributed by atoms with Crippen LogP contribution in [0.5, 0.6) is 5.75 Å². The number of nitrogens with one attached hydrogen (secondary N) is 1. The van der Waals surface area contributed by atoms with Crippen molar-refractivity contribution < 1.29 is 9.37 Å². The van der Waals surface area contributed by atoms with Crippen LogP contribution in [0.1, 0.15) is 22.5 Å². The lowest BCUT2D eigenvalue weighted by Crippen LogP contribution is -2.09. The van der Waals surface area contributed by atoms with E-state index < -0.39 is 0 Å². The smallest absolute Gasteiger partial charge is 0.145 e. The molecule has 6 heteroatoms. The monoisotopic (exact) mass is 325 g/mol. The first-order chi connectivity index (χ1) is 9.11. The van der Waals surface area contributed by atoms with E-state index in [0.717, 1.165) is 39.3 Å². The van der Waals surface area contributed by atoms with Crippen LogP contribution in [-0.4, -0.2) is 17.4 Å². The Hall–Kier alpha value is -1.40. The number of aryl methyl sites for hydroxylation is 2. The molecule has 0 saturated carbocycles. The number of nitrogens with zero attached hydrogens (tertiary/aromatic N) is 2. The van der Waals surface area contributed by atoms with Crippen LogP contribution in [0, 0.1) is 13.8 Å². The number of ether oxygens (including phenoxy) is 1. The Bertz CT molecular complexity index is 569. The largest absolute Gasteiger partial charge is 0.486 e. The molecule has 19 heavy (non-hydrogen) atoms. The number of halogens is 1. The fourth-order valence-electron chi connectivity index (χ4n) is 1.85. The first-order valence-electron chi connectivity index (χ1n) is 5.96. The third kappa shape index (κ3) is 3.33. The molecule has 1 N–H and O–H groups in total. The van der Waals surface area contributed by atoms with Crippen molar-refractivity contribution >= 4 is 15.9 Å². The average molecular weight is 326 g/mol. The highest BCUT2D eigenvalue weighted by Crippen LogP contribution is 2.28. The van der Waals surface area contributed by atoms with Crippen LogP contribution in [0.25, 0.3) is 0 Å². The van der Waals surface area contributed by atoms with Crippen molar-refractivity contribution in [2.75, 3.05) is 7.05 Å². The van der Waals surface area contributed by atoms with E-state index in [9.17, 15) is 0 Å². The fourth-order valence-corrected chi connectivity index (χ4v) is 2.47. The van der Waals surface area contributed by atoms with Crippen LogP contribution in [0.3, 0.4) is 0 Å². The van der Waals surface area contributed by atoms with Gasteiger partial charge in [0.05, 0.1) is 0 Å². The van der Waals surface area contributed by atoms with Gasteiger partial charge in [0.25, 0.3) is 0 Å². The van der Waals surface area contributed by atoms with Crippen molar-refractivity contribution in [3.8, 4) is 5.75 Å². The van der Waals surface area contributed by atoms with Crippen LogP contribution in [0.15, 0.2) is 21.2 Å². The summed E-state index contributed by atoms with van der Waals surface area (Å²) in [5, 5.41) is 10.7. The molecular weight excluding hydrogens is 310 g/mol. The molecule has 0 aliphatic carbocycles. The van der Waals surface area contributed by atoms with Gasteiger partial charge < -0.3 is 10.1 Å². The highest BCUT2D eigenvalue weighted by Gasteiger charge is 2.11. The molecule has 0 aliphatic heterocycles. The minimum atomic E-state index is 0.356. The quantitative estimate of drug-likeness (QED) is 0.915. The molecule has 0 amide bonds. The zero-order chi connectivity index (χ0) is 13.8. The van der Waals surface area contributed by atoms with Crippen LogP contribution >= 0.6 is 15.9 Å². The van der Waals surface area contributed by atoms with E-state index in [-0.39, 0.29) is 0 Å². The van der Waals surface area contributed by atoms with E-state index in [1.54, 1.807) is 0 Å². The van der Waals surface area contributed by atoms with Gasteiger partial charge in [-0.05, 0) is 38.6 Å². The molecule has 5 nitrogen and oxygen atoms in total. The molecule has 0 unspecified atom stereocenters. The van der Waals surface area contributed by atoms with Gasteiger partial charge in [0.2, 0.25) is 0 Å². The Balaban J connectivity index is 2.21. The third-order valence-corrected chi connectivity index (χ3v) is 3.24. The standard InChI is InChI=1S/C13H16BrN3O2/c1-8-4-11(14)5-10(6-15-3)13(8)18-7-12-9(2)16-19-17-12/h4-5,15H,6-7H2,1-3H3. The van der Waals surface area contributed by atoms with Gasteiger partial charge in [-0.25, -0.2) is 4.63 Å². The van der Waals surface area contributed by atoms with Gasteiger partial charge in [0.15, 0.2) is 0 Å². The Morgan fingerprint density at radius 2 is 2.11 bits per heavy atom. The predicted octanol–water partition coefficient (Wildman–Crippen LogP) is 2.75. The topological polar surface area (TPSA) is 60.2 Å². The van der Waals surface area contributed by atoms with E-state index in [1.165, 1.54) is 0 Å². The highest BCUT2D eigenvalue weighted by atomic mass is 79.9. The van der Waals surface area contributed by atoms with E-state index in [0.29, 0.717) is 6.61 Å². The van der Waals surface area contributed by atoms with Crippen molar-refractivity contribution in [3.63, 3.8) is 0 Å². The molecule has 0 saturated heterocycles. The van der Waals surface area contributed by atoms with Gasteiger partial charge in [-0.15, -0.1) is 0 Å². The summed E-state index contributed by atoms with van der Waals surface area (Å²) in [6.07, 6.45) is 0. The molecule has 0 atom stereocenters. The highest BCUT2D eigenvalue weighted by molar-refractivity contribution is 9.10. The molecule has 0 fully saturated rings. The first kappa shape index (κ1) is 14.0. The van der Waals surface area contributed by atoms with Gasteiger partial charge in [0, 0.05) is 16.6 Å². The molecule has 2 rings (SSSR count). The second-order valence-electron chi connectivity index (χ2n) is 4.33. The SMILES string of the molecule is CNCc1cc(Br)cc(C)c1OCc1nonc1C. The fraction of sp³-hybridized carbons (Fsp3) is 0.385. The summed E-state index contributed by atoms with van der Waals surface area (Å²) in [5.74, 6) is 0.875. The van der Waals surface area contributed by atoms with Crippen molar-refractivity contribution in [2.24, 2.45) is 0 Å². The zero-order valence-electron chi connectivity index (χ0n) is 11.2. The summed E-state index contributed by atoms with van der Waals surface area (Å²) in [4.78, 5) is 0. The van der Waals surface area contributed by atoms with E-state index in [4.69, 9.17) is 4.74 Å². The molecule has 0 bridgehead atoms. The lowest BCUT2D eigenvalue weighted by Gasteiger charge is -2.14. The second kappa shape index (κ2) is 6.16. The zero-order valence-corrected chi connectivity index (χ0v) is 12.7. The summed E-state index contributed by atoms with van der Waals surface area (Å²) in [5.41, 5.74) is 3.65. The van der Waals surface area contributed by atoms with Crippen LogP contribution in [-0.2, 0) is 13.2 Å². The maximum Gasteiger partial charge on any atom is 0.145 e. The summed E-state index contributed by atoms with van der Waals surface area (Å²) < 4.78 is 11.6. The van der Waals surface area contributed by atoms with Gasteiger partial charge in [-0.3, -0.25) is 0 Å². The summed E-state index contributed by atoms with van der Waals surface area (Å²) in [7, 11) is 1.91. The summed E-state index contributed by atoms with van der Waals surface area (Å²) in [6.45, 7) is 4.96. The maximum atomic E-state index is 5.88. The summed E-state index contributed by atoms with van der Waals surface area (Å²) in [6, 6.07) is 4.08. The number of hydrogen-bond acceptors (Lipinski definition) is 5. The maximum absolute atomic E-state index is 5.88. The Morgan fingerprint density at radius 3 is 2.74 bits per heavy atom. The number of benzene rings is 1. The first-order valence-corrected chi connectivity index (χ1v) is 6.75. The third-order valence-electron chi connectivity index (χ3n) is 2.78. The van der Waals surface area contributed by atoms with Gasteiger partial charge in [-0.1, -0.05) is 26.2 Å². The molecular formula is C13H16BrN3O2. The second-order valence-corrected chi connectivity index (χ2v) is 5.24. The molecule has 1 aromatic carbocycles. The lowest BCUT2D eigenvalue weighted by atomic mass is 10.1. The van der Waals surface area contributed by atoms with Gasteiger partial charge in [-0.2, -0.15) is 0 Å². The Labute approximate surface area is 120 Å². The van der Waals surface area contributed by atoms with Crippen LogP contribution in [0.2, 0.25) is 0 Å². The van der Waals surface area contributed by atoms with Gasteiger partial charge >= 0.3 is 0 Å². The number of aromatic nitrogens is 2. The van der Waals surface area contributed by atoms with Crippen LogP contribution < -0.4 is 10.1 Å². The van der Waals surface area contributed by atoms with Crippen molar-refractivity contribution in [1.82, 2.24) is 15.6 Å². The van der Waals surface area contributed by atoms with Crippen molar-refractivity contribution in [2.45, 2.75) is 27.0 Å². The molecule has 0 radical (unpaired) electrons. The van der Waals surface area contributed by atoms with Gasteiger partial charge in [0.1, 0.15) is 23.7 Å². The molecule has 1 aromatic heterocycles. The normalized spacial score (nSPS) is 10.7. The minimum Gasteiger partial charge on any atom is -0.486 e. The van der Waals surface area contributed by atoms with Crippen molar-refractivity contribution in [1.29, 1.82) is 0 Å². The molecule has 0 spiro atoms. The molecule has 1 heterocycles. The summed E-state index contributed by atoms with van der Waals surface area (Å²) >= 11 is 3.50. The lowest BCUT2D eigenvalue weighted by molar-refractivity contribution is 0.267. The minimum absolute atomic E-state index is 0.356. The van der Waals surface area contributed by atoms with Crippen LogP contribution in [0.4, 0.5) is 0 Å². The number of hydrogen-bond donors (Lipinski definition) is 1.